The Balaban J connectivity index is 1.23. The number of aromatic nitrogens is 3. The second-order valence-electron chi connectivity index (χ2n) is 15.6. The third kappa shape index (κ3) is 7.65. The Kier molecular flexibility index (Phi) is 10.6. The van der Waals surface area contributed by atoms with E-state index in [4.69, 9.17) is 31.2 Å². The summed E-state index contributed by atoms with van der Waals surface area (Å²) in [5.41, 5.74) is 6.61. The Morgan fingerprint density at radius 1 is 1.04 bits per heavy atom. The first-order valence-corrected chi connectivity index (χ1v) is 19.8. The van der Waals surface area contributed by atoms with Crippen molar-refractivity contribution in [2.24, 2.45) is 7.05 Å². The van der Waals surface area contributed by atoms with Gasteiger partial charge in [0.1, 0.15) is 11.0 Å². The fraction of sp³-hybridized carbons (Fsp3) is 0.488. The number of carbonyl (C=O) groups is 1. The van der Waals surface area contributed by atoms with Gasteiger partial charge in [-0.2, -0.15) is 18.3 Å². The molecule has 0 saturated carbocycles. The van der Waals surface area contributed by atoms with Crippen molar-refractivity contribution in [2.75, 3.05) is 32.8 Å². The van der Waals surface area contributed by atoms with E-state index in [2.05, 4.69) is 23.1 Å². The van der Waals surface area contributed by atoms with Crippen LogP contribution in [0.5, 0.6) is 0 Å². The van der Waals surface area contributed by atoms with Gasteiger partial charge in [-0.3, -0.25) is 14.5 Å². The lowest BCUT2D eigenvalue weighted by Crippen LogP contribution is -2.64. The number of piperidine rings is 1. The number of fused-ring (bicyclic) bond motifs is 2. The molecule has 3 aromatic carbocycles. The van der Waals surface area contributed by atoms with Crippen LogP contribution < -0.4 is 0 Å². The van der Waals surface area contributed by atoms with Gasteiger partial charge in [-0.15, -0.1) is 11.3 Å². The molecule has 0 spiro atoms. The topological polar surface area (TPSA) is 72.7 Å². The second kappa shape index (κ2) is 14.8. The SMILES string of the molecule is CCOC(=O)[C@@H](OC(C)(C)C)c1c(C)cc2nc(-c3ccc4c(c3)c(C3CCN(C5CN(C(C)C(F)(F)F)C5)CC3)nn4C)sc2c1-c1ccc(Cl)cc1. The predicted octanol–water partition coefficient (Wildman–Crippen LogP) is 9.71. The van der Waals surface area contributed by atoms with E-state index < -0.39 is 29.9 Å². The zero-order chi connectivity index (χ0) is 38.7. The number of aryl methyl sites for hydroxylation is 2. The fourth-order valence-corrected chi connectivity index (χ4v) is 9.13. The Hall–Kier alpha value is -3.55. The van der Waals surface area contributed by atoms with Crippen molar-refractivity contribution in [1.82, 2.24) is 24.6 Å². The van der Waals surface area contributed by atoms with Gasteiger partial charge in [0.05, 0.1) is 33.6 Å². The summed E-state index contributed by atoms with van der Waals surface area (Å²) in [6.45, 7) is 13.6. The van der Waals surface area contributed by atoms with Gasteiger partial charge in [0, 0.05) is 59.2 Å². The summed E-state index contributed by atoms with van der Waals surface area (Å²) >= 11 is 7.91. The normalized spacial score (nSPS) is 18.0. The van der Waals surface area contributed by atoms with Crippen LogP contribution in [0.4, 0.5) is 13.2 Å². The molecule has 0 amide bonds. The molecule has 0 radical (unpaired) electrons. The van der Waals surface area contributed by atoms with E-state index in [0.29, 0.717) is 18.1 Å². The van der Waals surface area contributed by atoms with Crippen molar-refractivity contribution in [3.63, 3.8) is 0 Å². The van der Waals surface area contributed by atoms with Crippen LogP contribution in [0.3, 0.4) is 0 Å². The number of rotatable bonds is 9. The lowest BCUT2D eigenvalue weighted by Gasteiger charge is -2.49. The highest BCUT2D eigenvalue weighted by molar-refractivity contribution is 7.22. The number of hydrogen-bond acceptors (Lipinski definition) is 8. The molecule has 0 N–H and O–H groups in total. The Bertz CT molecular complexity index is 2160. The van der Waals surface area contributed by atoms with E-state index in [1.54, 1.807) is 18.3 Å². The summed E-state index contributed by atoms with van der Waals surface area (Å²) in [4.78, 5) is 22.6. The van der Waals surface area contributed by atoms with Crippen molar-refractivity contribution in [3.8, 4) is 21.7 Å². The lowest BCUT2D eigenvalue weighted by molar-refractivity contribution is -0.195. The molecule has 54 heavy (non-hydrogen) atoms. The molecule has 2 atom stereocenters. The highest BCUT2D eigenvalue weighted by Gasteiger charge is 2.46. The highest BCUT2D eigenvalue weighted by atomic mass is 35.5. The molecule has 2 aliphatic heterocycles. The smallest absolute Gasteiger partial charge is 0.403 e. The molecule has 288 valence electrons. The lowest BCUT2D eigenvalue weighted by atomic mass is 9.89. The largest absolute Gasteiger partial charge is 0.464 e. The van der Waals surface area contributed by atoms with Gasteiger partial charge in [0.25, 0.3) is 0 Å². The van der Waals surface area contributed by atoms with Crippen LogP contribution >= 0.6 is 22.9 Å². The van der Waals surface area contributed by atoms with Crippen molar-refractivity contribution in [3.05, 3.63) is 70.4 Å². The van der Waals surface area contributed by atoms with Crippen LogP contribution in [0.15, 0.2) is 48.5 Å². The molecule has 13 heteroatoms. The number of likely N-dealkylation sites (tertiary alicyclic amines) is 2. The van der Waals surface area contributed by atoms with Crippen LogP contribution in [0.1, 0.15) is 76.3 Å². The Morgan fingerprint density at radius 2 is 1.70 bits per heavy atom. The van der Waals surface area contributed by atoms with Crippen molar-refractivity contribution in [2.45, 2.75) is 90.3 Å². The molecule has 8 nitrogen and oxygen atoms in total. The number of thiazole rings is 1. The minimum absolute atomic E-state index is 0.163. The number of carbonyl (C=O) groups excluding carboxylic acids is 1. The van der Waals surface area contributed by atoms with E-state index in [1.807, 2.05) is 69.8 Å². The van der Waals surface area contributed by atoms with Crippen LogP contribution in [0.2, 0.25) is 5.02 Å². The molecule has 2 aliphatic rings. The number of halogens is 4. The van der Waals surface area contributed by atoms with Gasteiger partial charge in [-0.05, 0) is 115 Å². The van der Waals surface area contributed by atoms with Crippen molar-refractivity contribution in [1.29, 1.82) is 0 Å². The maximum Gasteiger partial charge on any atom is 0.403 e. The average Bonchev–Trinajstić information content (AvgIpc) is 3.66. The van der Waals surface area contributed by atoms with E-state index in [1.165, 1.54) is 11.8 Å². The number of ether oxygens (including phenoxy) is 2. The second-order valence-corrected chi connectivity index (χ2v) is 17.0. The molecule has 7 rings (SSSR count). The molecule has 4 heterocycles. The summed E-state index contributed by atoms with van der Waals surface area (Å²) in [6, 6.07) is 14.8. The van der Waals surface area contributed by atoms with E-state index >= 15 is 0 Å². The van der Waals surface area contributed by atoms with Crippen molar-refractivity contribution < 1.29 is 27.4 Å². The molecule has 2 aromatic heterocycles. The van der Waals surface area contributed by atoms with Gasteiger partial charge < -0.3 is 9.47 Å². The molecule has 1 unspecified atom stereocenters. The molecular formula is C41H47ClF3N5O3S. The molecular weight excluding hydrogens is 735 g/mol. The summed E-state index contributed by atoms with van der Waals surface area (Å²) in [5, 5.41) is 7.53. The minimum atomic E-state index is -4.20. The van der Waals surface area contributed by atoms with Crippen LogP contribution in [0, 0.1) is 6.92 Å². The van der Waals surface area contributed by atoms with Crippen LogP contribution in [0.25, 0.3) is 42.8 Å². The van der Waals surface area contributed by atoms with E-state index in [0.717, 1.165) is 85.6 Å². The molecule has 0 aliphatic carbocycles. The third-order valence-corrected chi connectivity index (χ3v) is 12.2. The standard InChI is InChI=1S/C41H47ClF3N5O3S/c1-8-52-39(51)36(53-40(4,5)6)33-23(2)19-31-37(34(33)25-9-12-28(42)13-10-25)54-38(46-31)27-11-14-32-30(20-27)35(47-48(32)7)26-15-17-49(18-16-26)29-21-50(22-29)24(3)41(43,44)45/h9-14,19-20,24,26,29,36H,8,15-18,21-22H2,1-7H3/t24?,36-/m0/s1. The Morgan fingerprint density at radius 3 is 2.33 bits per heavy atom. The summed E-state index contributed by atoms with van der Waals surface area (Å²) < 4.78 is 54.5. The minimum Gasteiger partial charge on any atom is -0.464 e. The summed E-state index contributed by atoms with van der Waals surface area (Å²) in [5.74, 6) is -0.203. The molecule has 0 bridgehead atoms. The summed E-state index contributed by atoms with van der Waals surface area (Å²) in [7, 11) is 1.96. The average molecular weight is 782 g/mol. The monoisotopic (exact) mass is 781 g/mol. The van der Waals surface area contributed by atoms with E-state index in [9.17, 15) is 18.0 Å². The number of hydrogen-bond donors (Lipinski definition) is 0. The maximum absolute atomic E-state index is 13.6. The predicted molar refractivity (Wildman–Crippen MR) is 209 cm³/mol. The first kappa shape index (κ1) is 38.7. The molecule has 2 saturated heterocycles. The number of alkyl halides is 3. The van der Waals surface area contributed by atoms with Gasteiger partial charge >= 0.3 is 12.1 Å². The number of esters is 1. The number of nitrogens with zero attached hydrogens (tertiary/aromatic N) is 5. The first-order valence-electron chi connectivity index (χ1n) is 18.6. The fourth-order valence-electron chi connectivity index (χ4n) is 7.88. The highest BCUT2D eigenvalue weighted by Crippen LogP contribution is 2.45. The molecule has 2 fully saturated rings. The van der Waals surface area contributed by atoms with Crippen LogP contribution in [-0.2, 0) is 21.3 Å². The zero-order valence-corrected chi connectivity index (χ0v) is 33.3. The van der Waals surface area contributed by atoms with Gasteiger partial charge in [-0.25, -0.2) is 9.78 Å². The van der Waals surface area contributed by atoms with Gasteiger partial charge in [-0.1, -0.05) is 23.7 Å². The molecule has 5 aromatic rings. The van der Waals surface area contributed by atoms with Crippen molar-refractivity contribution >= 4 is 50.0 Å². The van der Waals surface area contributed by atoms with Gasteiger partial charge in [0.15, 0.2) is 6.10 Å². The van der Waals surface area contributed by atoms with Gasteiger partial charge in [0.2, 0.25) is 0 Å². The quantitative estimate of drug-likeness (QED) is 0.138. The Labute approximate surface area is 323 Å². The zero-order valence-electron chi connectivity index (χ0n) is 31.8. The van der Waals surface area contributed by atoms with Crippen LogP contribution in [-0.4, -0.2) is 87.2 Å². The summed E-state index contributed by atoms with van der Waals surface area (Å²) in [6.07, 6.45) is -3.36. The third-order valence-electron chi connectivity index (χ3n) is 10.8. The first-order chi connectivity index (χ1) is 25.5. The number of benzene rings is 3. The van der Waals surface area contributed by atoms with E-state index in [-0.39, 0.29) is 18.6 Å². The maximum atomic E-state index is 13.6.